The highest BCUT2D eigenvalue weighted by Gasteiger charge is 2.58. The van der Waals surface area contributed by atoms with Crippen LogP contribution in [0.4, 0.5) is 32.4 Å². The molecule has 1 fully saturated rings. The molecular weight excluding hydrogens is 577 g/mol. The Labute approximate surface area is 231 Å². The summed E-state index contributed by atoms with van der Waals surface area (Å²) in [6.45, 7) is 4.21. The summed E-state index contributed by atoms with van der Waals surface area (Å²) in [7, 11) is -4.31. The lowest BCUT2D eigenvalue weighted by atomic mass is 10.1. The van der Waals surface area contributed by atoms with Crippen LogP contribution in [0.2, 0.25) is 0 Å². The molecule has 9 nitrogen and oxygen atoms in total. The molecule has 2 aromatic carbocycles. The Balaban J connectivity index is 1.74. The minimum atomic E-state index is -4.62. The Morgan fingerprint density at radius 3 is 2.20 bits per heavy atom. The normalized spacial score (nSPS) is 21.4. The predicted octanol–water partition coefficient (Wildman–Crippen LogP) is 4.06. The maximum Gasteiger partial charge on any atom is 0.416 e. The number of rotatable bonds is 5. The second kappa shape index (κ2) is 10.3. The topological polar surface area (TPSA) is 122 Å². The monoisotopic (exact) mass is 603 g/mol. The third-order valence-corrected chi connectivity index (χ3v) is 8.03. The van der Waals surface area contributed by atoms with E-state index in [0.29, 0.717) is 0 Å². The van der Waals surface area contributed by atoms with Crippen molar-refractivity contribution < 1.29 is 49.5 Å². The fourth-order valence-electron chi connectivity index (χ4n) is 4.13. The molecule has 3 amide bonds. The van der Waals surface area contributed by atoms with Gasteiger partial charge in [-0.25, -0.2) is 22.0 Å². The highest BCUT2D eigenvalue weighted by molar-refractivity contribution is 7.91. The van der Waals surface area contributed by atoms with E-state index in [1.165, 1.54) is 0 Å². The molecule has 1 saturated carbocycles. The summed E-state index contributed by atoms with van der Waals surface area (Å²) in [5.74, 6) is -5.86. The standard InChI is InChI=1S/C26H26F5N3O6S/c1-24(2,3)40-23(37)32-17-13-41(38,39)19-9-6-15(21(35)33-20-11-25(20,27)28)10-18(19)34(22(17)36)12-14-4-7-16(8-5-14)26(29,30)31/h4-10,17,20H,11-13H2,1-3H3,(H,32,37)(H,33,35)/t17-,20+/m0/s1. The number of carbonyl (C=O) groups is 3. The molecule has 0 spiro atoms. The van der Waals surface area contributed by atoms with Crippen molar-refractivity contribution in [2.45, 2.75) is 68.4 Å². The number of anilines is 1. The lowest BCUT2D eigenvalue weighted by molar-refractivity contribution is -0.137. The van der Waals surface area contributed by atoms with Crippen LogP contribution < -0.4 is 15.5 Å². The van der Waals surface area contributed by atoms with Crippen LogP contribution in [0.25, 0.3) is 0 Å². The first-order chi connectivity index (χ1) is 18.8. The second-order valence-electron chi connectivity index (χ2n) is 10.8. The predicted molar refractivity (Wildman–Crippen MR) is 135 cm³/mol. The third-order valence-electron chi connectivity index (χ3n) is 6.24. The van der Waals surface area contributed by atoms with Gasteiger partial charge in [-0.2, -0.15) is 13.2 Å². The Kier molecular flexibility index (Phi) is 7.56. The molecule has 2 aliphatic rings. The SMILES string of the molecule is CC(C)(C)OC(=O)N[C@H]1CS(=O)(=O)c2ccc(C(=O)N[C@@H]3CC3(F)F)cc2N(Cc2ccc(C(F)(F)F)cc2)C1=O. The van der Waals surface area contributed by atoms with Gasteiger partial charge < -0.3 is 20.3 Å². The fraction of sp³-hybridized carbons (Fsp3) is 0.423. The number of ether oxygens (including phenoxy) is 1. The summed E-state index contributed by atoms with van der Waals surface area (Å²) in [6.07, 6.45) is -6.27. The molecule has 0 aromatic heterocycles. The molecule has 41 heavy (non-hydrogen) atoms. The van der Waals surface area contributed by atoms with Gasteiger partial charge in [0.2, 0.25) is 0 Å². The van der Waals surface area contributed by atoms with Crippen molar-refractivity contribution in [1.82, 2.24) is 10.6 Å². The maximum absolute atomic E-state index is 13.7. The number of hydrogen-bond donors (Lipinski definition) is 2. The smallest absolute Gasteiger partial charge is 0.416 e. The molecule has 2 aromatic rings. The van der Waals surface area contributed by atoms with Crippen LogP contribution in [0.5, 0.6) is 0 Å². The van der Waals surface area contributed by atoms with Crippen LogP contribution in [0.1, 0.15) is 48.7 Å². The number of nitrogens with zero attached hydrogens (tertiary/aromatic N) is 1. The molecule has 2 atom stereocenters. The molecule has 1 heterocycles. The molecular formula is C26H26F5N3O6S. The van der Waals surface area contributed by atoms with Gasteiger partial charge in [0.05, 0.1) is 34.5 Å². The number of hydrogen-bond acceptors (Lipinski definition) is 6. The van der Waals surface area contributed by atoms with Crippen molar-refractivity contribution >= 4 is 33.4 Å². The van der Waals surface area contributed by atoms with E-state index >= 15 is 0 Å². The van der Waals surface area contributed by atoms with E-state index in [2.05, 4.69) is 10.6 Å². The van der Waals surface area contributed by atoms with Crippen molar-refractivity contribution in [3.05, 3.63) is 59.2 Å². The summed E-state index contributed by atoms with van der Waals surface area (Å²) >= 11 is 0. The molecule has 0 bridgehead atoms. The van der Waals surface area contributed by atoms with Crippen LogP contribution >= 0.6 is 0 Å². The van der Waals surface area contributed by atoms with Gasteiger partial charge in [0.15, 0.2) is 9.84 Å². The van der Waals surface area contributed by atoms with E-state index in [1.54, 1.807) is 20.8 Å². The molecule has 15 heteroatoms. The molecule has 0 saturated heterocycles. The quantitative estimate of drug-likeness (QED) is 0.498. The Bertz CT molecular complexity index is 1490. The fourth-order valence-corrected chi connectivity index (χ4v) is 5.74. The van der Waals surface area contributed by atoms with Gasteiger partial charge in [0.25, 0.3) is 17.7 Å². The average Bonchev–Trinajstić information content (AvgIpc) is 3.45. The summed E-state index contributed by atoms with van der Waals surface area (Å²) < 4.78 is 97.7. The first kappa shape index (κ1) is 30.2. The number of amides is 3. The van der Waals surface area contributed by atoms with E-state index in [4.69, 9.17) is 4.74 Å². The zero-order valence-corrected chi connectivity index (χ0v) is 22.8. The van der Waals surface area contributed by atoms with Gasteiger partial charge in [-0.3, -0.25) is 9.59 Å². The molecule has 222 valence electrons. The van der Waals surface area contributed by atoms with Crippen LogP contribution in [-0.2, 0) is 32.1 Å². The molecule has 4 rings (SSSR count). The van der Waals surface area contributed by atoms with E-state index in [-0.39, 0.29) is 16.8 Å². The number of nitrogens with one attached hydrogen (secondary N) is 2. The minimum absolute atomic E-state index is 0.167. The maximum atomic E-state index is 13.7. The number of sulfone groups is 1. The highest BCUT2D eigenvalue weighted by Crippen LogP contribution is 2.42. The molecule has 1 aliphatic carbocycles. The largest absolute Gasteiger partial charge is 0.444 e. The highest BCUT2D eigenvalue weighted by atomic mass is 32.2. The first-order valence-electron chi connectivity index (χ1n) is 12.3. The average molecular weight is 604 g/mol. The summed E-state index contributed by atoms with van der Waals surface area (Å²) in [6, 6.07) is 3.84. The van der Waals surface area contributed by atoms with Gasteiger partial charge in [0.1, 0.15) is 11.6 Å². The van der Waals surface area contributed by atoms with Crippen LogP contribution in [-0.4, -0.2) is 55.7 Å². The number of alkyl halides is 5. The Morgan fingerprint density at radius 1 is 1.05 bits per heavy atom. The van der Waals surface area contributed by atoms with Crippen LogP contribution in [0, 0.1) is 0 Å². The van der Waals surface area contributed by atoms with Crippen molar-refractivity contribution in [1.29, 1.82) is 0 Å². The zero-order chi connectivity index (χ0) is 30.5. The van der Waals surface area contributed by atoms with E-state index in [9.17, 15) is 44.8 Å². The third kappa shape index (κ3) is 6.94. The van der Waals surface area contributed by atoms with Crippen LogP contribution in [0.15, 0.2) is 47.4 Å². The summed E-state index contributed by atoms with van der Waals surface area (Å²) in [4.78, 5) is 39.3. The first-order valence-corrected chi connectivity index (χ1v) is 13.9. The molecule has 2 N–H and O–H groups in total. The molecule has 0 unspecified atom stereocenters. The number of fused-ring (bicyclic) bond motifs is 1. The number of carbonyl (C=O) groups excluding carboxylic acids is 3. The van der Waals surface area contributed by atoms with Gasteiger partial charge in [-0.15, -0.1) is 0 Å². The van der Waals surface area contributed by atoms with E-state index in [1.807, 2.05) is 0 Å². The van der Waals surface area contributed by atoms with Gasteiger partial charge in [-0.05, 0) is 56.7 Å². The van der Waals surface area contributed by atoms with E-state index in [0.717, 1.165) is 47.4 Å². The lowest BCUT2D eigenvalue weighted by Crippen LogP contribution is -2.51. The molecule has 0 radical (unpaired) electrons. The van der Waals surface area contributed by atoms with Gasteiger partial charge in [-0.1, -0.05) is 12.1 Å². The lowest BCUT2D eigenvalue weighted by Gasteiger charge is -2.27. The molecule has 1 aliphatic heterocycles. The van der Waals surface area contributed by atoms with Crippen molar-refractivity contribution in [3.63, 3.8) is 0 Å². The number of halogens is 5. The van der Waals surface area contributed by atoms with Gasteiger partial charge in [0, 0.05) is 12.0 Å². The number of alkyl carbamates (subject to hydrolysis) is 1. The Hall–Kier alpha value is -3.75. The van der Waals surface area contributed by atoms with E-state index < -0.39 is 86.7 Å². The van der Waals surface area contributed by atoms with Crippen LogP contribution in [0.3, 0.4) is 0 Å². The Morgan fingerprint density at radius 2 is 1.66 bits per heavy atom. The summed E-state index contributed by atoms with van der Waals surface area (Å²) in [5.41, 5.74) is -2.31. The number of benzene rings is 2. The second-order valence-corrected chi connectivity index (χ2v) is 12.8. The minimum Gasteiger partial charge on any atom is -0.444 e. The van der Waals surface area contributed by atoms with Crippen molar-refractivity contribution in [3.8, 4) is 0 Å². The summed E-state index contributed by atoms with van der Waals surface area (Å²) in [5, 5.41) is 4.37. The van der Waals surface area contributed by atoms with Crippen molar-refractivity contribution in [2.24, 2.45) is 0 Å². The van der Waals surface area contributed by atoms with Gasteiger partial charge >= 0.3 is 12.3 Å². The zero-order valence-electron chi connectivity index (χ0n) is 22.0. The van der Waals surface area contributed by atoms with Crippen molar-refractivity contribution in [2.75, 3.05) is 10.7 Å².